The lowest BCUT2D eigenvalue weighted by Gasteiger charge is -2.23. The molecular formula is C9H14ClF3N2O. The fraction of sp³-hybridized carbons (Fsp3) is 0.889. The van der Waals surface area contributed by atoms with Gasteiger partial charge in [-0.25, -0.2) is 0 Å². The molecule has 0 radical (unpaired) electrons. The van der Waals surface area contributed by atoms with E-state index >= 15 is 0 Å². The normalized spacial score (nSPS) is 32.3. The Labute approximate surface area is 97.6 Å². The van der Waals surface area contributed by atoms with Crippen LogP contribution in [-0.2, 0) is 4.79 Å². The van der Waals surface area contributed by atoms with Crippen LogP contribution >= 0.6 is 12.4 Å². The predicted octanol–water partition coefficient (Wildman–Crippen LogP) is 1.23. The monoisotopic (exact) mass is 258 g/mol. The second kappa shape index (κ2) is 4.79. The van der Waals surface area contributed by atoms with Crippen LogP contribution in [0.3, 0.4) is 0 Å². The van der Waals surface area contributed by atoms with Gasteiger partial charge in [-0.05, 0) is 25.2 Å². The zero-order valence-electron chi connectivity index (χ0n) is 8.51. The zero-order chi connectivity index (χ0) is 11.1. The van der Waals surface area contributed by atoms with Gasteiger partial charge in [-0.3, -0.25) is 4.79 Å². The van der Waals surface area contributed by atoms with Crippen LogP contribution in [0.1, 0.15) is 19.3 Å². The molecule has 94 valence electrons. The van der Waals surface area contributed by atoms with Gasteiger partial charge in [0.05, 0.1) is 0 Å². The van der Waals surface area contributed by atoms with Gasteiger partial charge in [0.25, 0.3) is 0 Å². The highest BCUT2D eigenvalue weighted by Crippen LogP contribution is 2.34. The molecule has 3 nitrogen and oxygen atoms in total. The molecule has 0 aromatic carbocycles. The van der Waals surface area contributed by atoms with Crippen LogP contribution in [0, 0.1) is 5.92 Å². The number of alkyl halides is 3. The number of carbonyl (C=O) groups excluding carboxylic acids is 1. The number of hydrogen-bond donors (Lipinski definition) is 2. The molecular weight excluding hydrogens is 245 g/mol. The Morgan fingerprint density at radius 3 is 2.50 bits per heavy atom. The van der Waals surface area contributed by atoms with E-state index in [4.69, 9.17) is 0 Å². The molecule has 1 amide bonds. The first-order valence-corrected chi connectivity index (χ1v) is 5.08. The summed E-state index contributed by atoms with van der Waals surface area (Å²) in [5.41, 5.74) is 0. The molecule has 2 fully saturated rings. The minimum atomic E-state index is -4.77. The SMILES string of the molecule is Cl.O=C(NC[C@H]1N[C@@H]2CC[C@H]1C2)C(F)(F)F. The Hall–Kier alpha value is -0.490. The summed E-state index contributed by atoms with van der Waals surface area (Å²) in [4.78, 5) is 10.6. The summed E-state index contributed by atoms with van der Waals surface area (Å²) in [6.45, 7) is 0.0828. The first-order valence-electron chi connectivity index (χ1n) is 5.08. The second-order valence-electron chi connectivity index (χ2n) is 4.25. The van der Waals surface area contributed by atoms with E-state index in [2.05, 4.69) is 5.32 Å². The number of nitrogens with one attached hydrogen (secondary N) is 2. The molecule has 0 aromatic heterocycles. The van der Waals surface area contributed by atoms with E-state index in [1.165, 1.54) is 0 Å². The summed E-state index contributed by atoms with van der Waals surface area (Å²) in [6, 6.07) is 0.470. The van der Waals surface area contributed by atoms with Gasteiger partial charge in [0, 0.05) is 18.6 Å². The molecule has 2 N–H and O–H groups in total. The first kappa shape index (κ1) is 13.6. The summed E-state index contributed by atoms with van der Waals surface area (Å²) < 4.78 is 35.6. The number of amides is 1. The van der Waals surface area contributed by atoms with Gasteiger partial charge in [-0.1, -0.05) is 0 Å². The van der Waals surface area contributed by atoms with Crippen molar-refractivity contribution < 1.29 is 18.0 Å². The molecule has 2 rings (SSSR count). The van der Waals surface area contributed by atoms with Gasteiger partial charge in [0.15, 0.2) is 0 Å². The molecule has 0 spiro atoms. The molecule has 3 atom stereocenters. The molecule has 1 aliphatic heterocycles. The lowest BCUT2D eigenvalue weighted by Crippen LogP contribution is -2.47. The molecule has 7 heteroatoms. The van der Waals surface area contributed by atoms with Crippen LogP contribution in [0.15, 0.2) is 0 Å². The Balaban J connectivity index is 0.00000128. The van der Waals surface area contributed by atoms with Crippen molar-refractivity contribution in [1.82, 2.24) is 10.6 Å². The van der Waals surface area contributed by atoms with Crippen molar-refractivity contribution in [1.29, 1.82) is 0 Å². The molecule has 1 saturated heterocycles. The van der Waals surface area contributed by atoms with Crippen molar-refractivity contribution in [3.63, 3.8) is 0 Å². The highest BCUT2D eigenvalue weighted by atomic mass is 35.5. The smallest absolute Gasteiger partial charge is 0.347 e. The fourth-order valence-electron chi connectivity index (χ4n) is 2.50. The standard InChI is InChI=1S/C9H13F3N2O.ClH/c10-9(11,12)8(15)13-4-7-5-1-2-6(3-5)14-7;/h5-7,14H,1-4H2,(H,13,15);1H/t5-,6+,7+;/m0./s1. The Morgan fingerprint density at radius 2 is 2.06 bits per heavy atom. The quantitative estimate of drug-likeness (QED) is 0.782. The Morgan fingerprint density at radius 1 is 1.38 bits per heavy atom. The maximum atomic E-state index is 11.9. The van der Waals surface area contributed by atoms with Gasteiger partial charge < -0.3 is 10.6 Å². The zero-order valence-corrected chi connectivity index (χ0v) is 9.33. The van der Waals surface area contributed by atoms with E-state index in [1.54, 1.807) is 0 Å². The predicted molar refractivity (Wildman–Crippen MR) is 54.4 cm³/mol. The van der Waals surface area contributed by atoms with E-state index in [0.29, 0.717) is 12.0 Å². The van der Waals surface area contributed by atoms with Gasteiger partial charge in [-0.15, -0.1) is 12.4 Å². The van der Waals surface area contributed by atoms with Crippen molar-refractivity contribution in [3.8, 4) is 0 Å². The number of rotatable bonds is 2. The summed E-state index contributed by atoms with van der Waals surface area (Å²) in [5.74, 6) is -1.41. The molecule has 2 bridgehead atoms. The summed E-state index contributed by atoms with van der Waals surface area (Å²) in [7, 11) is 0. The highest BCUT2D eigenvalue weighted by molar-refractivity contribution is 5.85. The van der Waals surface area contributed by atoms with Gasteiger partial charge in [-0.2, -0.15) is 13.2 Å². The Bertz CT molecular complexity index is 272. The Kier molecular flexibility index (Phi) is 4.07. The second-order valence-corrected chi connectivity index (χ2v) is 4.25. The maximum Gasteiger partial charge on any atom is 0.471 e. The highest BCUT2D eigenvalue weighted by Gasteiger charge is 2.42. The molecule has 0 unspecified atom stereocenters. The molecule has 1 aliphatic carbocycles. The summed E-state index contributed by atoms with van der Waals surface area (Å²) >= 11 is 0. The number of fused-ring (bicyclic) bond motifs is 2. The third-order valence-corrected chi connectivity index (χ3v) is 3.23. The molecule has 0 aromatic rings. The van der Waals surface area contributed by atoms with Crippen molar-refractivity contribution in [2.24, 2.45) is 5.92 Å². The van der Waals surface area contributed by atoms with Crippen molar-refractivity contribution in [2.75, 3.05) is 6.54 Å². The van der Waals surface area contributed by atoms with E-state index in [1.807, 2.05) is 5.32 Å². The van der Waals surface area contributed by atoms with E-state index in [9.17, 15) is 18.0 Å². The molecule has 1 heterocycles. The minimum absolute atomic E-state index is 0. The molecule has 1 saturated carbocycles. The lowest BCUT2D eigenvalue weighted by molar-refractivity contribution is -0.173. The number of hydrogen-bond acceptors (Lipinski definition) is 2. The number of halogens is 4. The number of piperidine rings is 1. The summed E-state index contributed by atoms with van der Waals surface area (Å²) in [5, 5.41) is 5.14. The fourth-order valence-corrected chi connectivity index (χ4v) is 2.50. The first-order chi connectivity index (χ1) is 6.97. The van der Waals surface area contributed by atoms with Gasteiger partial charge in [0.2, 0.25) is 0 Å². The third kappa shape index (κ3) is 2.79. The van der Waals surface area contributed by atoms with Crippen molar-refractivity contribution in [2.45, 2.75) is 37.5 Å². The third-order valence-electron chi connectivity index (χ3n) is 3.23. The average molecular weight is 259 g/mol. The average Bonchev–Trinajstić information content (AvgIpc) is 2.73. The van der Waals surface area contributed by atoms with Crippen LogP contribution < -0.4 is 10.6 Å². The molecule has 16 heavy (non-hydrogen) atoms. The van der Waals surface area contributed by atoms with Crippen molar-refractivity contribution >= 4 is 18.3 Å². The largest absolute Gasteiger partial charge is 0.471 e. The van der Waals surface area contributed by atoms with Crippen LogP contribution in [-0.4, -0.2) is 30.7 Å². The van der Waals surface area contributed by atoms with Crippen LogP contribution in [0.2, 0.25) is 0 Å². The van der Waals surface area contributed by atoms with Crippen LogP contribution in [0.5, 0.6) is 0 Å². The maximum absolute atomic E-state index is 11.9. The topological polar surface area (TPSA) is 41.1 Å². The lowest BCUT2D eigenvalue weighted by atomic mass is 10.0. The van der Waals surface area contributed by atoms with Crippen LogP contribution in [0.4, 0.5) is 13.2 Å². The number of carbonyl (C=O) groups is 1. The summed E-state index contributed by atoms with van der Waals surface area (Å²) in [6.07, 6.45) is -1.57. The van der Waals surface area contributed by atoms with Gasteiger partial charge >= 0.3 is 12.1 Å². The van der Waals surface area contributed by atoms with Crippen molar-refractivity contribution in [3.05, 3.63) is 0 Å². The van der Waals surface area contributed by atoms with Crippen LogP contribution in [0.25, 0.3) is 0 Å². The van der Waals surface area contributed by atoms with Gasteiger partial charge in [0.1, 0.15) is 0 Å². The minimum Gasteiger partial charge on any atom is -0.347 e. The van der Waals surface area contributed by atoms with E-state index in [-0.39, 0.29) is 25.0 Å². The van der Waals surface area contributed by atoms with E-state index in [0.717, 1.165) is 19.3 Å². The molecule has 2 aliphatic rings. The van der Waals surface area contributed by atoms with E-state index < -0.39 is 12.1 Å².